The predicted molar refractivity (Wildman–Crippen MR) is 109 cm³/mol. The molecule has 0 radical (unpaired) electrons. The van der Waals surface area contributed by atoms with E-state index >= 15 is 0 Å². The molecular formula is C23H16N4O2. The van der Waals surface area contributed by atoms with Crippen LogP contribution >= 0.6 is 0 Å². The number of hydrazine groups is 1. The van der Waals surface area contributed by atoms with E-state index < -0.39 is 0 Å². The minimum absolute atomic E-state index is 0.346. The van der Waals surface area contributed by atoms with E-state index in [2.05, 4.69) is 11.5 Å². The molecule has 0 fully saturated rings. The number of nitrogens with two attached hydrogens (primary N) is 1. The number of nitrogens with one attached hydrogen (secondary N) is 1. The molecule has 140 valence electrons. The van der Waals surface area contributed by atoms with E-state index in [0.29, 0.717) is 22.6 Å². The standard InChI is InChI=1S/C23H16N4O2/c24-14-15-3-5-17(6-4-15)20-12-19(13-21(26-20)22-2-1-11-29-22)16-7-9-18(10-8-16)23(28)27-25/h1-13H,25H2,(H,27,28). The van der Waals surface area contributed by atoms with Crippen molar-refractivity contribution in [2.75, 3.05) is 0 Å². The third kappa shape index (κ3) is 3.76. The Kier molecular flexibility index (Phi) is 4.89. The SMILES string of the molecule is N#Cc1ccc(-c2cc(-c3ccc(C(=O)NN)cc3)cc(-c3ccco3)n2)cc1. The number of nitrogens with zero attached hydrogens (tertiary/aromatic N) is 2. The molecule has 0 aliphatic heterocycles. The third-order valence-electron chi connectivity index (χ3n) is 4.52. The third-order valence-corrected chi connectivity index (χ3v) is 4.52. The van der Waals surface area contributed by atoms with Crippen molar-refractivity contribution in [1.29, 1.82) is 5.26 Å². The molecule has 0 spiro atoms. The Balaban J connectivity index is 1.81. The summed E-state index contributed by atoms with van der Waals surface area (Å²) >= 11 is 0. The number of hydrogen-bond donors (Lipinski definition) is 2. The van der Waals surface area contributed by atoms with Crippen LogP contribution in [0.4, 0.5) is 0 Å². The van der Waals surface area contributed by atoms with Gasteiger partial charge in [-0.3, -0.25) is 10.2 Å². The Morgan fingerprint density at radius 3 is 2.24 bits per heavy atom. The molecule has 0 atom stereocenters. The molecule has 6 heteroatoms. The van der Waals surface area contributed by atoms with Crippen molar-refractivity contribution in [1.82, 2.24) is 10.4 Å². The number of carbonyl (C=O) groups excluding carboxylic acids is 1. The second-order valence-corrected chi connectivity index (χ2v) is 6.34. The smallest absolute Gasteiger partial charge is 0.265 e. The summed E-state index contributed by atoms with van der Waals surface area (Å²) in [6, 6.07) is 24.1. The summed E-state index contributed by atoms with van der Waals surface area (Å²) in [6.45, 7) is 0. The van der Waals surface area contributed by atoms with Crippen LogP contribution in [0.5, 0.6) is 0 Å². The number of aromatic nitrogens is 1. The lowest BCUT2D eigenvalue weighted by molar-refractivity contribution is 0.0953. The fraction of sp³-hybridized carbons (Fsp3) is 0. The van der Waals surface area contributed by atoms with Gasteiger partial charge < -0.3 is 4.42 Å². The largest absolute Gasteiger partial charge is 0.463 e. The minimum Gasteiger partial charge on any atom is -0.463 e. The van der Waals surface area contributed by atoms with Crippen LogP contribution in [-0.4, -0.2) is 10.9 Å². The van der Waals surface area contributed by atoms with Crippen molar-refractivity contribution in [3.8, 4) is 39.9 Å². The molecule has 2 aromatic carbocycles. The molecule has 0 saturated heterocycles. The fourth-order valence-corrected chi connectivity index (χ4v) is 3.01. The van der Waals surface area contributed by atoms with Gasteiger partial charge in [0, 0.05) is 11.1 Å². The molecule has 1 amide bonds. The van der Waals surface area contributed by atoms with Crippen molar-refractivity contribution >= 4 is 5.91 Å². The van der Waals surface area contributed by atoms with Crippen molar-refractivity contribution in [2.24, 2.45) is 5.84 Å². The monoisotopic (exact) mass is 380 g/mol. The number of hydrogen-bond acceptors (Lipinski definition) is 5. The molecule has 4 aromatic rings. The first kappa shape index (κ1) is 18.2. The molecule has 29 heavy (non-hydrogen) atoms. The summed E-state index contributed by atoms with van der Waals surface area (Å²) in [6.07, 6.45) is 1.60. The number of carbonyl (C=O) groups is 1. The summed E-state index contributed by atoms with van der Waals surface area (Å²) in [5, 5.41) is 9.03. The minimum atomic E-state index is -0.346. The van der Waals surface area contributed by atoms with Gasteiger partial charge in [-0.05, 0) is 59.7 Å². The Labute approximate surface area is 167 Å². The van der Waals surface area contributed by atoms with Gasteiger partial charge in [-0.15, -0.1) is 0 Å². The second-order valence-electron chi connectivity index (χ2n) is 6.34. The van der Waals surface area contributed by atoms with Crippen molar-refractivity contribution in [3.05, 3.63) is 90.2 Å². The van der Waals surface area contributed by atoms with Gasteiger partial charge >= 0.3 is 0 Å². The molecule has 2 heterocycles. The second kappa shape index (κ2) is 7.80. The molecule has 0 aliphatic carbocycles. The van der Waals surface area contributed by atoms with E-state index in [0.717, 1.165) is 22.4 Å². The van der Waals surface area contributed by atoms with Gasteiger partial charge in [0.05, 0.1) is 23.6 Å². The first-order valence-corrected chi connectivity index (χ1v) is 8.86. The van der Waals surface area contributed by atoms with E-state index in [1.165, 1.54) is 0 Å². The highest BCUT2D eigenvalue weighted by molar-refractivity contribution is 5.94. The maximum absolute atomic E-state index is 11.7. The summed E-state index contributed by atoms with van der Waals surface area (Å²) in [5.74, 6) is 5.50. The number of benzene rings is 2. The lowest BCUT2D eigenvalue weighted by Gasteiger charge is -2.09. The molecule has 4 rings (SSSR count). The highest BCUT2D eigenvalue weighted by Crippen LogP contribution is 2.30. The molecule has 3 N–H and O–H groups in total. The van der Waals surface area contributed by atoms with Crippen molar-refractivity contribution in [3.63, 3.8) is 0 Å². The van der Waals surface area contributed by atoms with Gasteiger partial charge in [-0.25, -0.2) is 10.8 Å². The maximum atomic E-state index is 11.7. The summed E-state index contributed by atoms with van der Waals surface area (Å²) in [5.41, 5.74) is 7.36. The van der Waals surface area contributed by atoms with Crippen molar-refractivity contribution < 1.29 is 9.21 Å². The molecule has 0 bridgehead atoms. The van der Waals surface area contributed by atoms with Gasteiger partial charge in [0.1, 0.15) is 5.69 Å². The number of pyridine rings is 1. The zero-order chi connectivity index (χ0) is 20.2. The number of nitrogen functional groups attached to an aromatic ring is 1. The van der Waals surface area contributed by atoms with Crippen LogP contribution in [0.25, 0.3) is 33.8 Å². The summed E-state index contributed by atoms with van der Waals surface area (Å²) < 4.78 is 5.53. The highest BCUT2D eigenvalue weighted by Gasteiger charge is 2.11. The van der Waals surface area contributed by atoms with E-state index in [-0.39, 0.29) is 5.91 Å². The van der Waals surface area contributed by atoms with Crippen LogP contribution in [0.2, 0.25) is 0 Å². The first-order chi connectivity index (χ1) is 14.2. The van der Waals surface area contributed by atoms with Crippen LogP contribution in [0.15, 0.2) is 83.5 Å². The highest BCUT2D eigenvalue weighted by atomic mass is 16.3. The van der Waals surface area contributed by atoms with E-state index in [1.807, 2.05) is 48.5 Å². The van der Waals surface area contributed by atoms with Crippen LogP contribution in [-0.2, 0) is 0 Å². The maximum Gasteiger partial charge on any atom is 0.265 e. The predicted octanol–water partition coefficient (Wildman–Crippen LogP) is 4.15. The van der Waals surface area contributed by atoms with E-state index in [1.54, 1.807) is 30.5 Å². The quantitative estimate of drug-likeness (QED) is 0.314. The average Bonchev–Trinajstić information content (AvgIpc) is 3.33. The Morgan fingerprint density at radius 1 is 0.931 bits per heavy atom. The lowest BCUT2D eigenvalue weighted by atomic mass is 10.00. The average molecular weight is 380 g/mol. The molecular weight excluding hydrogens is 364 g/mol. The number of amides is 1. The van der Waals surface area contributed by atoms with Gasteiger partial charge in [0.15, 0.2) is 5.76 Å². The Morgan fingerprint density at radius 2 is 1.62 bits per heavy atom. The van der Waals surface area contributed by atoms with E-state index in [9.17, 15) is 4.79 Å². The molecule has 0 saturated carbocycles. The number of furan rings is 1. The summed E-state index contributed by atoms with van der Waals surface area (Å²) in [7, 11) is 0. The molecule has 0 unspecified atom stereocenters. The zero-order valence-electron chi connectivity index (χ0n) is 15.3. The Bertz CT molecular complexity index is 1190. The number of nitriles is 1. The lowest BCUT2D eigenvalue weighted by Crippen LogP contribution is -2.29. The number of rotatable bonds is 4. The van der Waals surface area contributed by atoms with Crippen LogP contribution in [0, 0.1) is 11.3 Å². The van der Waals surface area contributed by atoms with Crippen molar-refractivity contribution in [2.45, 2.75) is 0 Å². The normalized spacial score (nSPS) is 10.3. The van der Waals surface area contributed by atoms with Gasteiger partial charge in [0.25, 0.3) is 5.91 Å². The molecule has 2 aromatic heterocycles. The van der Waals surface area contributed by atoms with Gasteiger partial charge in [0.2, 0.25) is 0 Å². The van der Waals surface area contributed by atoms with Gasteiger partial charge in [-0.2, -0.15) is 5.26 Å². The first-order valence-electron chi connectivity index (χ1n) is 8.86. The van der Waals surface area contributed by atoms with Gasteiger partial charge in [-0.1, -0.05) is 24.3 Å². The van der Waals surface area contributed by atoms with Crippen LogP contribution in [0.3, 0.4) is 0 Å². The van der Waals surface area contributed by atoms with E-state index in [4.69, 9.17) is 20.5 Å². The topological polar surface area (TPSA) is 105 Å². The van der Waals surface area contributed by atoms with Crippen LogP contribution < -0.4 is 11.3 Å². The Hall–Kier alpha value is -4.21. The molecule has 6 nitrogen and oxygen atoms in total. The molecule has 0 aliphatic rings. The van der Waals surface area contributed by atoms with Crippen LogP contribution in [0.1, 0.15) is 15.9 Å². The zero-order valence-corrected chi connectivity index (χ0v) is 15.3. The summed E-state index contributed by atoms with van der Waals surface area (Å²) in [4.78, 5) is 16.4. The fourth-order valence-electron chi connectivity index (χ4n) is 3.01.